The van der Waals surface area contributed by atoms with Crippen LogP contribution in [-0.2, 0) is 11.2 Å². The molecule has 35 heavy (non-hydrogen) atoms. The second-order valence-electron chi connectivity index (χ2n) is 7.65. The first-order valence-corrected chi connectivity index (χ1v) is 10.5. The van der Waals surface area contributed by atoms with Gasteiger partial charge in [0.05, 0.1) is 6.04 Å². The maximum Gasteiger partial charge on any atom is 0.573 e. The van der Waals surface area contributed by atoms with E-state index in [1.165, 1.54) is 24.3 Å². The molecule has 10 heteroatoms. The summed E-state index contributed by atoms with van der Waals surface area (Å²) in [5.74, 6) is -0.848. The minimum absolute atomic E-state index is 0.340. The van der Waals surface area contributed by atoms with E-state index >= 15 is 0 Å². The Kier molecular flexibility index (Phi) is 7.82. The lowest BCUT2D eigenvalue weighted by atomic mass is 9.88. The Morgan fingerprint density at radius 2 is 1.83 bits per heavy atom. The van der Waals surface area contributed by atoms with E-state index in [4.69, 9.17) is 0 Å². The summed E-state index contributed by atoms with van der Waals surface area (Å²) in [6.45, 7) is 5.01. The Labute approximate surface area is 197 Å². The van der Waals surface area contributed by atoms with Crippen LogP contribution in [0.15, 0.2) is 78.6 Å². The van der Waals surface area contributed by atoms with Crippen LogP contribution in [0.5, 0.6) is 5.75 Å². The number of fused-ring (bicyclic) bond motifs is 1. The van der Waals surface area contributed by atoms with Crippen LogP contribution < -0.4 is 10.1 Å². The van der Waals surface area contributed by atoms with E-state index in [-0.39, 0.29) is 11.8 Å². The molecule has 1 atom stereocenters. The summed E-state index contributed by atoms with van der Waals surface area (Å²) in [7, 11) is 0. The summed E-state index contributed by atoms with van der Waals surface area (Å²) in [4.78, 5) is 0. The van der Waals surface area contributed by atoms with Crippen LogP contribution in [0, 0.1) is 0 Å². The van der Waals surface area contributed by atoms with Crippen LogP contribution in [0.3, 0.4) is 0 Å². The summed E-state index contributed by atoms with van der Waals surface area (Å²) in [5, 5.41) is 3.28. The van der Waals surface area contributed by atoms with E-state index in [1.807, 2.05) is 0 Å². The second-order valence-corrected chi connectivity index (χ2v) is 7.65. The fourth-order valence-electron chi connectivity index (χ4n) is 3.80. The molecule has 0 radical (unpaired) electrons. The van der Waals surface area contributed by atoms with Gasteiger partial charge < -0.3 is 14.8 Å². The van der Waals surface area contributed by atoms with Gasteiger partial charge in [0, 0.05) is 5.69 Å². The number of alkyl halides is 7. The zero-order valence-corrected chi connectivity index (χ0v) is 18.5. The molecule has 0 saturated carbocycles. The average Bonchev–Trinajstić information content (AvgIpc) is 2.79. The lowest BCUT2D eigenvalue weighted by Gasteiger charge is -2.30. The van der Waals surface area contributed by atoms with Crippen LogP contribution in [-0.4, -0.2) is 24.9 Å². The number of hydrogen-bond donors (Lipinski definition) is 1. The first-order valence-electron chi connectivity index (χ1n) is 10.5. The van der Waals surface area contributed by atoms with E-state index in [0.29, 0.717) is 35.2 Å². The van der Waals surface area contributed by atoms with Crippen LogP contribution in [0.4, 0.5) is 36.4 Å². The third-order valence-corrected chi connectivity index (χ3v) is 5.32. The molecule has 0 spiro atoms. The van der Waals surface area contributed by atoms with Crippen molar-refractivity contribution in [1.29, 1.82) is 0 Å². The van der Waals surface area contributed by atoms with Crippen molar-refractivity contribution in [2.24, 2.45) is 0 Å². The largest absolute Gasteiger partial charge is 0.573 e. The third kappa shape index (κ3) is 6.58. The Morgan fingerprint density at radius 1 is 1.11 bits per heavy atom. The maximum atomic E-state index is 13.3. The molecule has 3 rings (SSSR count). The van der Waals surface area contributed by atoms with Crippen LogP contribution in [0.25, 0.3) is 11.1 Å². The highest BCUT2D eigenvalue weighted by molar-refractivity contribution is 5.76. The Morgan fingerprint density at radius 3 is 2.46 bits per heavy atom. The summed E-state index contributed by atoms with van der Waals surface area (Å²) in [6, 6.07) is 10.6. The Hall–Kier alpha value is -3.43. The molecule has 0 aliphatic carbocycles. The number of halogens is 7. The minimum atomic E-state index is -4.81. The van der Waals surface area contributed by atoms with Gasteiger partial charge in [-0.1, -0.05) is 36.9 Å². The van der Waals surface area contributed by atoms with Gasteiger partial charge in [-0.3, -0.25) is 0 Å². The molecule has 2 aromatic carbocycles. The standard InChI is InChI=1S/C25H22F7NO2/c1-3-15(13-17(4-2)34-24(28,29)23(26)27)21-12-11-20-19(9-6-10-22(20)33-21)16-7-5-8-18(14-16)35-25(30,31)32/h3-10,13-14,21,23,33H,2,11-12H2,1H3/b15-3+,17-13+. The average molecular weight is 501 g/mol. The van der Waals surface area contributed by atoms with Gasteiger partial charge in [0.1, 0.15) is 11.5 Å². The molecular formula is C25H22F7NO2. The van der Waals surface area contributed by atoms with E-state index in [2.05, 4.69) is 21.4 Å². The van der Waals surface area contributed by atoms with Gasteiger partial charge in [-0.2, -0.15) is 17.6 Å². The van der Waals surface area contributed by atoms with E-state index < -0.39 is 24.7 Å². The Bertz CT molecular complexity index is 1120. The van der Waals surface area contributed by atoms with Crippen molar-refractivity contribution in [2.45, 2.75) is 44.7 Å². The van der Waals surface area contributed by atoms with Gasteiger partial charge in [0.2, 0.25) is 0 Å². The molecule has 1 aliphatic heterocycles. The lowest BCUT2D eigenvalue weighted by molar-refractivity contribution is -0.279. The smallest absolute Gasteiger partial charge is 0.428 e. The number of anilines is 1. The topological polar surface area (TPSA) is 30.5 Å². The SMILES string of the molecule is C=C/C(=C\C(=C/C)C1CCc2c(cccc2-c2cccc(OC(F)(F)F)c2)N1)OC(F)(F)C(F)F. The lowest BCUT2D eigenvalue weighted by Crippen LogP contribution is -2.30. The molecule has 1 N–H and O–H groups in total. The van der Waals surface area contributed by atoms with Gasteiger partial charge in [0.15, 0.2) is 0 Å². The van der Waals surface area contributed by atoms with E-state index in [1.54, 1.807) is 37.3 Å². The summed E-state index contributed by atoms with van der Waals surface area (Å²) in [5.41, 5.74) is 3.32. The molecule has 3 nitrogen and oxygen atoms in total. The number of allylic oxidation sites excluding steroid dienone is 2. The van der Waals surface area contributed by atoms with E-state index in [0.717, 1.165) is 11.6 Å². The van der Waals surface area contributed by atoms with Gasteiger partial charge in [0.25, 0.3) is 0 Å². The fourth-order valence-corrected chi connectivity index (χ4v) is 3.80. The van der Waals surface area contributed by atoms with Crippen LogP contribution in [0.1, 0.15) is 18.9 Å². The van der Waals surface area contributed by atoms with Gasteiger partial charge in [-0.15, -0.1) is 13.2 Å². The van der Waals surface area contributed by atoms with E-state index in [9.17, 15) is 30.7 Å². The van der Waals surface area contributed by atoms with Crippen LogP contribution >= 0.6 is 0 Å². The molecule has 0 aromatic heterocycles. The number of hydrogen-bond acceptors (Lipinski definition) is 3. The number of rotatable bonds is 8. The quantitative estimate of drug-likeness (QED) is 0.227. The zero-order valence-electron chi connectivity index (χ0n) is 18.5. The predicted octanol–water partition coefficient (Wildman–Crippen LogP) is 7.87. The Balaban J connectivity index is 1.85. The summed E-state index contributed by atoms with van der Waals surface area (Å²) < 4.78 is 97.7. The second kappa shape index (κ2) is 10.5. The predicted molar refractivity (Wildman–Crippen MR) is 118 cm³/mol. The molecule has 1 heterocycles. The van der Waals surface area contributed by atoms with Crippen molar-refractivity contribution >= 4 is 5.69 Å². The van der Waals surface area contributed by atoms with Crippen LogP contribution in [0.2, 0.25) is 0 Å². The normalized spacial score (nSPS) is 17.0. The third-order valence-electron chi connectivity index (χ3n) is 5.32. The molecule has 2 aromatic rings. The highest BCUT2D eigenvalue weighted by atomic mass is 19.4. The number of benzene rings is 2. The van der Waals surface area contributed by atoms with Crippen molar-refractivity contribution in [1.82, 2.24) is 0 Å². The fraction of sp³-hybridized carbons (Fsp3) is 0.280. The van der Waals surface area contributed by atoms with Crippen molar-refractivity contribution < 1.29 is 40.2 Å². The minimum Gasteiger partial charge on any atom is -0.428 e. The van der Waals surface area contributed by atoms with Crippen molar-refractivity contribution in [3.8, 4) is 16.9 Å². The highest BCUT2D eigenvalue weighted by Crippen LogP contribution is 2.37. The van der Waals surface area contributed by atoms with Crippen molar-refractivity contribution in [2.75, 3.05) is 5.32 Å². The maximum absolute atomic E-state index is 13.3. The van der Waals surface area contributed by atoms with Gasteiger partial charge in [-0.25, -0.2) is 0 Å². The molecule has 1 aliphatic rings. The van der Waals surface area contributed by atoms with Gasteiger partial charge >= 0.3 is 18.9 Å². The molecular weight excluding hydrogens is 479 g/mol. The summed E-state index contributed by atoms with van der Waals surface area (Å²) >= 11 is 0. The molecule has 0 bridgehead atoms. The zero-order chi connectivity index (χ0) is 25.8. The molecule has 0 amide bonds. The molecule has 0 saturated heterocycles. The first-order chi connectivity index (χ1) is 16.4. The molecule has 188 valence electrons. The molecule has 1 unspecified atom stereocenters. The molecule has 0 fully saturated rings. The highest BCUT2D eigenvalue weighted by Gasteiger charge is 2.44. The monoisotopic (exact) mass is 501 g/mol. The first kappa shape index (κ1) is 26.2. The van der Waals surface area contributed by atoms with Gasteiger partial charge in [-0.05, 0) is 72.4 Å². The number of nitrogens with one attached hydrogen (secondary N) is 1. The van der Waals surface area contributed by atoms with Crippen molar-refractivity contribution in [3.63, 3.8) is 0 Å². The number of ether oxygens (including phenoxy) is 2. The van der Waals surface area contributed by atoms with Crippen molar-refractivity contribution in [3.05, 3.63) is 84.2 Å². The summed E-state index contributed by atoms with van der Waals surface area (Å²) in [6.07, 6.45) is -8.70.